The number of anilines is 1. The summed E-state index contributed by atoms with van der Waals surface area (Å²) in [5.74, 6) is 0.713. The van der Waals surface area contributed by atoms with Gasteiger partial charge in [-0.3, -0.25) is 0 Å². The molecule has 0 amide bonds. The molecule has 1 saturated heterocycles. The number of aromatic nitrogens is 1. The molecule has 0 spiro atoms. The molecule has 5 heteroatoms. The lowest BCUT2D eigenvalue weighted by Gasteiger charge is -2.29. The Morgan fingerprint density at radius 3 is 2.72 bits per heavy atom. The SMILES string of the molecule is CC(CN1CCCCC1)Nc1ncc(Cl)cc1Cl. The molecule has 0 radical (unpaired) electrons. The van der Waals surface area contributed by atoms with Crippen LogP contribution in [-0.2, 0) is 0 Å². The fourth-order valence-corrected chi connectivity index (χ4v) is 2.76. The van der Waals surface area contributed by atoms with Crippen molar-refractivity contribution >= 4 is 29.0 Å². The highest BCUT2D eigenvalue weighted by Gasteiger charge is 2.14. The zero-order valence-electron chi connectivity index (χ0n) is 10.6. The molecule has 1 aromatic heterocycles. The maximum Gasteiger partial charge on any atom is 0.145 e. The van der Waals surface area contributed by atoms with Gasteiger partial charge in [-0.2, -0.15) is 0 Å². The molecule has 1 aliphatic rings. The molecule has 1 N–H and O–H groups in total. The highest BCUT2D eigenvalue weighted by atomic mass is 35.5. The van der Waals surface area contributed by atoms with Crippen molar-refractivity contribution in [3.05, 3.63) is 22.3 Å². The molecule has 0 saturated carbocycles. The van der Waals surface area contributed by atoms with Crippen molar-refractivity contribution in [1.29, 1.82) is 0 Å². The van der Waals surface area contributed by atoms with Crippen LogP contribution < -0.4 is 5.32 Å². The summed E-state index contributed by atoms with van der Waals surface area (Å²) in [4.78, 5) is 6.71. The normalized spacial score (nSPS) is 18.6. The molecule has 1 fully saturated rings. The van der Waals surface area contributed by atoms with E-state index in [9.17, 15) is 0 Å². The minimum absolute atomic E-state index is 0.328. The minimum atomic E-state index is 0.328. The summed E-state index contributed by atoms with van der Waals surface area (Å²) < 4.78 is 0. The number of hydrogen-bond donors (Lipinski definition) is 1. The van der Waals surface area contributed by atoms with E-state index in [-0.39, 0.29) is 0 Å². The van der Waals surface area contributed by atoms with Gasteiger partial charge in [0.2, 0.25) is 0 Å². The van der Waals surface area contributed by atoms with Crippen molar-refractivity contribution in [2.24, 2.45) is 0 Å². The van der Waals surface area contributed by atoms with Crippen molar-refractivity contribution in [2.45, 2.75) is 32.2 Å². The summed E-state index contributed by atoms with van der Waals surface area (Å²) in [6.45, 7) is 5.59. The molecule has 3 nitrogen and oxygen atoms in total. The summed E-state index contributed by atoms with van der Waals surface area (Å²) in [6.07, 6.45) is 5.60. The molecule has 1 aromatic rings. The fourth-order valence-electron chi connectivity index (χ4n) is 2.33. The van der Waals surface area contributed by atoms with Crippen LogP contribution in [0.4, 0.5) is 5.82 Å². The Morgan fingerprint density at radius 1 is 1.33 bits per heavy atom. The van der Waals surface area contributed by atoms with Crippen molar-refractivity contribution in [3.63, 3.8) is 0 Å². The van der Waals surface area contributed by atoms with E-state index in [2.05, 4.69) is 22.1 Å². The first-order valence-electron chi connectivity index (χ1n) is 6.45. The van der Waals surface area contributed by atoms with E-state index in [1.807, 2.05) is 0 Å². The Labute approximate surface area is 118 Å². The van der Waals surface area contributed by atoms with E-state index in [0.29, 0.717) is 21.9 Å². The van der Waals surface area contributed by atoms with Gasteiger partial charge in [-0.25, -0.2) is 4.98 Å². The van der Waals surface area contributed by atoms with Gasteiger partial charge in [-0.15, -0.1) is 0 Å². The lowest BCUT2D eigenvalue weighted by atomic mass is 10.1. The largest absolute Gasteiger partial charge is 0.365 e. The van der Waals surface area contributed by atoms with Crippen LogP contribution in [0.1, 0.15) is 26.2 Å². The zero-order valence-corrected chi connectivity index (χ0v) is 12.1. The zero-order chi connectivity index (χ0) is 13.0. The first kappa shape index (κ1) is 13.9. The number of nitrogens with one attached hydrogen (secondary N) is 1. The van der Waals surface area contributed by atoms with Crippen molar-refractivity contribution in [2.75, 3.05) is 25.0 Å². The Hall–Kier alpha value is -0.510. The van der Waals surface area contributed by atoms with Gasteiger partial charge in [0, 0.05) is 18.8 Å². The summed E-state index contributed by atoms with van der Waals surface area (Å²) >= 11 is 11.9. The Kier molecular flexibility index (Phi) is 5.10. The molecule has 1 aliphatic heterocycles. The molecule has 100 valence electrons. The molecule has 0 aromatic carbocycles. The second-order valence-corrected chi connectivity index (χ2v) is 5.73. The second-order valence-electron chi connectivity index (χ2n) is 4.89. The molecule has 0 bridgehead atoms. The molecule has 0 aliphatic carbocycles. The smallest absolute Gasteiger partial charge is 0.145 e. The quantitative estimate of drug-likeness (QED) is 0.916. The topological polar surface area (TPSA) is 28.2 Å². The van der Waals surface area contributed by atoms with Crippen molar-refractivity contribution in [3.8, 4) is 0 Å². The van der Waals surface area contributed by atoms with Crippen LogP contribution in [0, 0.1) is 0 Å². The highest BCUT2D eigenvalue weighted by molar-refractivity contribution is 6.35. The summed E-state index contributed by atoms with van der Waals surface area (Å²) in [5, 5.41) is 4.48. The van der Waals surface area contributed by atoms with Crippen LogP contribution in [0.25, 0.3) is 0 Å². The van der Waals surface area contributed by atoms with Gasteiger partial charge < -0.3 is 10.2 Å². The molecule has 2 heterocycles. The first-order chi connectivity index (χ1) is 8.65. The lowest BCUT2D eigenvalue weighted by Crippen LogP contribution is -2.38. The summed E-state index contributed by atoms with van der Waals surface area (Å²) in [6, 6.07) is 2.04. The molecule has 2 rings (SSSR count). The van der Waals surface area contributed by atoms with Crippen molar-refractivity contribution in [1.82, 2.24) is 9.88 Å². The van der Waals surface area contributed by atoms with Gasteiger partial charge in [0.05, 0.1) is 10.0 Å². The molecular formula is C13H19Cl2N3. The van der Waals surface area contributed by atoms with Gasteiger partial charge in [-0.1, -0.05) is 29.6 Å². The fraction of sp³-hybridized carbons (Fsp3) is 0.615. The second kappa shape index (κ2) is 6.60. The van der Waals surface area contributed by atoms with E-state index >= 15 is 0 Å². The highest BCUT2D eigenvalue weighted by Crippen LogP contribution is 2.23. The summed E-state index contributed by atoms with van der Waals surface area (Å²) in [7, 11) is 0. The van der Waals surface area contributed by atoms with Crippen LogP contribution in [0.5, 0.6) is 0 Å². The number of halogens is 2. The predicted molar refractivity (Wildman–Crippen MR) is 77.6 cm³/mol. The number of nitrogens with zero attached hydrogens (tertiary/aromatic N) is 2. The monoisotopic (exact) mass is 287 g/mol. The number of hydrogen-bond acceptors (Lipinski definition) is 3. The minimum Gasteiger partial charge on any atom is -0.365 e. The van der Waals surface area contributed by atoms with Gasteiger partial charge in [0.25, 0.3) is 0 Å². The maximum absolute atomic E-state index is 6.09. The molecule has 1 atom stereocenters. The third kappa shape index (κ3) is 4.01. The summed E-state index contributed by atoms with van der Waals surface area (Å²) in [5.41, 5.74) is 0. The van der Waals surface area contributed by atoms with Gasteiger partial charge >= 0.3 is 0 Å². The molecular weight excluding hydrogens is 269 g/mol. The number of pyridine rings is 1. The number of rotatable bonds is 4. The van der Waals surface area contributed by atoms with Crippen LogP contribution in [0.3, 0.4) is 0 Å². The van der Waals surface area contributed by atoms with Gasteiger partial charge in [0.1, 0.15) is 5.82 Å². The standard InChI is InChI=1S/C13H19Cl2N3/c1-10(9-18-5-3-2-4-6-18)17-13-12(15)7-11(14)8-16-13/h7-8,10H,2-6,9H2,1H3,(H,16,17). The van der Waals surface area contributed by atoms with Crippen LogP contribution in [0.15, 0.2) is 12.3 Å². The van der Waals surface area contributed by atoms with E-state index in [1.165, 1.54) is 32.4 Å². The Morgan fingerprint density at radius 2 is 2.06 bits per heavy atom. The molecule has 1 unspecified atom stereocenters. The van der Waals surface area contributed by atoms with E-state index in [1.54, 1.807) is 12.3 Å². The average molecular weight is 288 g/mol. The van der Waals surface area contributed by atoms with Crippen LogP contribution >= 0.6 is 23.2 Å². The van der Waals surface area contributed by atoms with Gasteiger partial charge in [-0.05, 0) is 38.9 Å². The predicted octanol–water partition coefficient (Wildman–Crippen LogP) is 3.67. The average Bonchev–Trinajstić information content (AvgIpc) is 2.34. The van der Waals surface area contributed by atoms with Gasteiger partial charge in [0.15, 0.2) is 0 Å². The van der Waals surface area contributed by atoms with Crippen LogP contribution in [0.2, 0.25) is 10.0 Å². The van der Waals surface area contributed by atoms with E-state index < -0.39 is 0 Å². The first-order valence-corrected chi connectivity index (χ1v) is 7.20. The number of piperidine rings is 1. The molecule has 18 heavy (non-hydrogen) atoms. The van der Waals surface area contributed by atoms with E-state index in [4.69, 9.17) is 23.2 Å². The van der Waals surface area contributed by atoms with Crippen LogP contribution in [-0.4, -0.2) is 35.6 Å². The Bertz CT molecular complexity index is 392. The number of likely N-dealkylation sites (tertiary alicyclic amines) is 1. The lowest BCUT2D eigenvalue weighted by molar-refractivity contribution is 0.223. The van der Waals surface area contributed by atoms with E-state index in [0.717, 1.165) is 6.54 Å². The third-order valence-corrected chi connectivity index (χ3v) is 3.67. The third-order valence-electron chi connectivity index (χ3n) is 3.17. The maximum atomic E-state index is 6.09. The van der Waals surface area contributed by atoms with Crippen molar-refractivity contribution < 1.29 is 0 Å². The Balaban J connectivity index is 1.87.